The number of aryl methyl sites for hydroxylation is 2. The number of rotatable bonds is 8. The number of carbonyl (C=O) groups is 2. The minimum absolute atomic E-state index is 0.0189. The maximum Gasteiger partial charge on any atom is 0.224 e. The van der Waals surface area contributed by atoms with Gasteiger partial charge in [0.2, 0.25) is 11.8 Å². The molecule has 37 heavy (non-hydrogen) atoms. The van der Waals surface area contributed by atoms with Crippen molar-refractivity contribution in [3.05, 3.63) is 71.0 Å². The number of hydrogen-bond acceptors (Lipinski definition) is 5. The van der Waals surface area contributed by atoms with Crippen LogP contribution in [0, 0.1) is 19.8 Å². The highest BCUT2D eigenvalue weighted by atomic mass is 16.2. The maximum atomic E-state index is 12.7. The van der Waals surface area contributed by atoms with Gasteiger partial charge in [0.25, 0.3) is 0 Å². The highest BCUT2D eigenvalue weighted by molar-refractivity contribution is 5.92. The second kappa shape index (κ2) is 10.7. The zero-order chi connectivity index (χ0) is 25.9. The van der Waals surface area contributed by atoms with E-state index in [4.69, 9.17) is 15.8 Å². The van der Waals surface area contributed by atoms with Crippen molar-refractivity contribution in [2.24, 2.45) is 11.7 Å². The van der Waals surface area contributed by atoms with Crippen LogP contribution >= 0.6 is 0 Å². The maximum absolute atomic E-state index is 12.7. The van der Waals surface area contributed by atoms with Gasteiger partial charge in [-0.25, -0.2) is 9.50 Å². The Morgan fingerprint density at radius 1 is 1.03 bits per heavy atom. The number of amides is 2. The number of likely N-dealkylation sites (tertiary alicyclic amines) is 1. The fourth-order valence-corrected chi connectivity index (χ4v) is 5.28. The Balaban J connectivity index is 1.14. The molecule has 2 aromatic heterocycles. The first-order valence-electron chi connectivity index (χ1n) is 13.0. The molecule has 0 aliphatic carbocycles. The monoisotopic (exact) mass is 498 g/mol. The van der Waals surface area contributed by atoms with Crippen LogP contribution in [0.15, 0.2) is 48.5 Å². The van der Waals surface area contributed by atoms with Crippen molar-refractivity contribution >= 4 is 34.1 Å². The van der Waals surface area contributed by atoms with Gasteiger partial charge in [-0.2, -0.15) is 5.10 Å². The summed E-state index contributed by atoms with van der Waals surface area (Å²) in [7, 11) is 0. The lowest BCUT2D eigenvalue weighted by atomic mass is 9.96. The molecule has 0 radical (unpaired) electrons. The third kappa shape index (κ3) is 5.49. The minimum atomic E-state index is -0.174. The van der Waals surface area contributed by atoms with Gasteiger partial charge in [0.1, 0.15) is 0 Å². The van der Waals surface area contributed by atoms with E-state index in [0.29, 0.717) is 12.8 Å². The molecule has 4 aromatic rings. The molecule has 8 nitrogen and oxygen atoms in total. The Hall–Kier alpha value is -3.78. The van der Waals surface area contributed by atoms with Gasteiger partial charge in [0, 0.05) is 41.3 Å². The van der Waals surface area contributed by atoms with Crippen LogP contribution in [0.25, 0.3) is 16.6 Å². The number of anilines is 1. The molecule has 0 spiro atoms. The number of benzene rings is 2. The number of carbonyl (C=O) groups excluding carboxylic acids is 2. The van der Waals surface area contributed by atoms with E-state index in [1.807, 2.05) is 54.8 Å². The molecule has 1 fully saturated rings. The van der Waals surface area contributed by atoms with E-state index in [-0.39, 0.29) is 17.7 Å². The number of hydrogen-bond donors (Lipinski definition) is 2. The van der Waals surface area contributed by atoms with Gasteiger partial charge in [0.05, 0.1) is 5.52 Å². The molecular formula is C29H34N6O2. The first-order valence-corrected chi connectivity index (χ1v) is 13.0. The summed E-state index contributed by atoms with van der Waals surface area (Å²) in [5.74, 6) is -0.168. The van der Waals surface area contributed by atoms with Gasteiger partial charge in [-0.3, -0.25) is 9.59 Å². The quantitative estimate of drug-likeness (QED) is 0.384. The first-order chi connectivity index (χ1) is 17.9. The molecular weight excluding hydrogens is 464 g/mol. The van der Waals surface area contributed by atoms with Gasteiger partial charge in [-0.1, -0.05) is 24.3 Å². The lowest BCUT2D eigenvalue weighted by Gasteiger charge is -2.30. The molecule has 0 atom stereocenters. The van der Waals surface area contributed by atoms with E-state index < -0.39 is 0 Å². The molecule has 0 saturated carbocycles. The van der Waals surface area contributed by atoms with Gasteiger partial charge >= 0.3 is 0 Å². The zero-order valence-corrected chi connectivity index (χ0v) is 21.5. The van der Waals surface area contributed by atoms with Gasteiger partial charge in [0.15, 0.2) is 5.65 Å². The molecule has 2 aromatic carbocycles. The highest BCUT2D eigenvalue weighted by Gasteiger charge is 2.22. The minimum Gasteiger partial charge on any atom is -0.369 e. The largest absolute Gasteiger partial charge is 0.369 e. The number of nitrogens with one attached hydrogen (secondary N) is 1. The Bertz CT molecular complexity index is 1430. The SMILES string of the molecule is Cc1nc2c3ccccc3nn2c(C)c1CCC(=O)Nc1ccc(CCN2CCC(C(N)=O)CC2)cc1. The molecule has 3 heterocycles. The molecule has 5 rings (SSSR count). The summed E-state index contributed by atoms with van der Waals surface area (Å²) in [6.45, 7) is 6.83. The fourth-order valence-electron chi connectivity index (χ4n) is 5.28. The lowest BCUT2D eigenvalue weighted by molar-refractivity contribution is -0.123. The number of fused-ring (bicyclic) bond motifs is 3. The number of nitrogens with zero attached hydrogens (tertiary/aromatic N) is 4. The molecule has 1 aliphatic rings. The van der Waals surface area contributed by atoms with Crippen LogP contribution in [-0.4, -0.2) is 50.9 Å². The van der Waals surface area contributed by atoms with Crippen LogP contribution in [-0.2, 0) is 22.4 Å². The highest BCUT2D eigenvalue weighted by Crippen LogP contribution is 2.23. The summed E-state index contributed by atoms with van der Waals surface area (Å²) in [6, 6.07) is 16.1. The predicted molar refractivity (Wildman–Crippen MR) is 145 cm³/mol. The molecule has 3 N–H and O–H groups in total. The van der Waals surface area contributed by atoms with Crippen LogP contribution in [0.2, 0.25) is 0 Å². The van der Waals surface area contributed by atoms with E-state index >= 15 is 0 Å². The summed E-state index contributed by atoms with van der Waals surface area (Å²) in [6.07, 6.45) is 3.61. The summed E-state index contributed by atoms with van der Waals surface area (Å²) < 4.78 is 1.89. The predicted octanol–water partition coefficient (Wildman–Crippen LogP) is 3.81. The lowest BCUT2D eigenvalue weighted by Crippen LogP contribution is -2.39. The van der Waals surface area contributed by atoms with Crippen molar-refractivity contribution < 1.29 is 9.59 Å². The van der Waals surface area contributed by atoms with Crippen LogP contribution in [0.4, 0.5) is 5.69 Å². The molecule has 2 amide bonds. The van der Waals surface area contributed by atoms with Crippen molar-refractivity contribution in [2.45, 2.75) is 46.0 Å². The summed E-state index contributed by atoms with van der Waals surface area (Å²) in [5, 5.41) is 8.76. The van der Waals surface area contributed by atoms with Crippen LogP contribution < -0.4 is 11.1 Å². The van der Waals surface area contributed by atoms with E-state index in [1.165, 1.54) is 5.56 Å². The molecule has 192 valence electrons. The van der Waals surface area contributed by atoms with E-state index in [0.717, 1.165) is 78.1 Å². The Morgan fingerprint density at radius 3 is 2.49 bits per heavy atom. The summed E-state index contributed by atoms with van der Waals surface area (Å²) >= 11 is 0. The molecule has 8 heteroatoms. The molecule has 0 unspecified atom stereocenters. The van der Waals surface area contributed by atoms with E-state index in [1.54, 1.807) is 0 Å². The Labute approximate surface area is 216 Å². The molecule has 1 aliphatic heterocycles. The number of nitrogens with two attached hydrogens (primary N) is 1. The van der Waals surface area contributed by atoms with Crippen LogP contribution in [0.3, 0.4) is 0 Å². The van der Waals surface area contributed by atoms with Gasteiger partial charge in [-0.15, -0.1) is 0 Å². The third-order valence-electron chi connectivity index (χ3n) is 7.56. The Morgan fingerprint density at radius 2 is 1.76 bits per heavy atom. The van der Waals surface area contributed by atoms with E-state index in [2.05, 4.69) is 22.3 Å². The normalized spacial score (nSPS) is 14.9. The van der Waals surface area contributed by atoms with Crippen molar-refractivity contribution in [1.29, 1.82) is 0 Å². The van der Waals surface area contributed by atoms with Crippen molar-refractivity contribution in [3.63, 3.8) is 0 Å². The molecule has 0 bridgehead atoms. The zero-order valence-electron chi connectivity index (χ0n) is 21.5. The first kappa shape index (κ1) is 24.9. The van der Waals surface area contributed by atoms with E-state index in [9.17, 15) is 9.59 Å². The van der Waals surface area contributed by atoms with Crippen LogP contribution in [0.1, 0.15) is 41.8 Å². The summed E-state index contributed by atoms with van der Waals surface area (Å²) in [4.78, 5) is 31.2. The van der Waals surface area contributed by atoms with Crippen molar-refractivity contribution in [2.75, 3.05) is 25.0 Å². The van der Waals surface area contributed by atoms with Crippen molar-refractivity contribution in [3.8, 4) is 0 Å². The van der Waals surface area contributed by atoms with Gasteiger partial charge < -0.3 is 16.0 Å². The third-order valence-corrected chi connectivity index (χ3v) is 7.56. The number of primary amides is 1. The van der Waals surface area contributed by atoms with Gasteiger partial charge in [-0.05, 0) is 88.0 Å². The average molecular weight is 499 g/mol. The number of piperidine rings is 1. The standard InChI is InChI=1S/C29H34N6O2/c1-19-24(20(2)35-29(31-19)25-5-3-4-6-26(25)33-35)11-12-27(36)32-23-9-7-21(8-10-23)13-16-34-17-14-22(15-18-34)28(30)37/h3-10,22H,11-18H2,1-2H3,(H2,30,37)(H,32,36). The topological polar surface area (TPSA) is 106 Å². The molecule has 1 saturated heterocycles. The average Bonchev–Trinajstić information content (AvgIpc) is 3.27. The second-order valence-electron chi connectivity index (χ2n) is 10.0. The van der Waals surface area contributed by atoms with Crippen molar-refractivity contribution in [1.82, 2.24) is 19.5 Å². The van der Waals surface area contributed by atoms with Crippen LogP contribution in [0.5, 0.6) is 0 Å². The second-order valence-corrected chi connectivity index (χ2v) is 10.0. The number of aromatic nitrogens is 3. The summed E-state index contributed by atoms with van der Waals surface area (Å²) in [5.41, 5.74) is 12.3. The smallest absolute Gasteiger partial charge is 0.224 e. The Kier molecular flexibility index (Phi) is 7.19. The fraction of sp³-hybridized carbons (Fsp3) is 0.379.